The molecule has 0 aliphatic rings. The number of para-hydroxylation sites is 1. The molecule has 5 unspecified atom stereocenters. The van der Waals surface area contributed by atoms with Crippen LogP contribution in [0.5, 0.6) is 0 Å². The van der Waals surface area contributed by atoms with Crippen LogP contribution in [0.2, 0.25) is 0 Å². The van der Waals surface area contributed by atoms with E-state index in [1.54, 1.807) is 26.1 Å². The molecule has 0 saturated heterocycles. The van der Waals surface area contributed by atoms with Crippen LogP contribution in [0.15, 0.2) is 30.5 Å². The number of aromatic amines is 1. The maximum Gasteiger partial charge on any atom is 0.326 e. The summed E-state index contributed by atoms with van der Waals surface area (Å²) in [7, 11) is 0. The van der Waals surface area contributed by atoms with E-state index in [1.165, 1.54) is 6.92 Å². The molecule has 5 atom stereocenters. The van der Waals surface area contributed by atoms with Gasteiger partial charge in [-0.3, -0.25) is 19.2 Å². The van der Waals surface area contributed by atoms with E-state index >= 15 is 0 Å². The fraction of sp³-hybridized carbons (Fsp3) is 0.458. The quantitative estimate of drug-likeness (QED) is 0.155. The number of amides is 4. The number of carbonyl (C=O) groups excluding carboxylic acids is 4. The lowest BCUT2D eigenvalue weighted by Gasteiger charge is -2.26. The molecule has 1 heterocycles. The molecule has 202 valence electrons. The molecule has 0 aliphatic carbocycles. The lowest BCUT2D eigenvalue weighted by atomic mass is 10.0. The number of H-pyrrole nitrogens is 1. The van der Waals surface area contributed by atoms with Crippen molar-refractivity contribution in [2.45, 2.75) is 63.9 Å². The molecule has 4 amide bonds. The molecular weight excluding hydrogens is 484 g/mol. The Labute approximate surface area is 213 Å². The van der Waals surface area contributed by atoms with E-state index in [9.17, 15) is 34.2 Å². The van der Waals surface area contributed by atoms with Gasteiger partial charge in [0, 0.05) is 23.5 Å². The number of carboxylic acids is 1. The largest absolute Gasteiger partial charge is 0.480 e. The summed E-state index contributed by atoms with van der Waals surface area (Å²) in [5.41, 5.74) is 12.4. The van der Waals surface area contributed by atoms with Crippen molar-refractivity contribution in [3.8, 4) is 0 Å². The van der Waals surface area contributed by atoms with E-state index < -0.39 is 72.2 Å². The zero-order valence-electron chi connectivity index (χ0n) is 20.9. The molecule has 10 N–H and O–H groups in total. The van der Waals surface area contributed by atoms with Gasteiger partial charge in [-0.1, -0.05) is 32.0 Å². The van der Waals surface area contributed by atoms with E-state index in [-0.39, 0.29) is 6.42 Å². The number of carboxylic acid groups (broad SMARTS) is 1. The van der Waals surface area contributed by atoms with Gasteiger partial charge in [0.1, 0.15) is 24.2 Å². The monoisotopic (exact) mass is 518 g/mol. The van der Waals surface area contributed by atoms with Crippen molar-refractivity contribution in [3.63, 3.8) is 0 Å². The molecule has 2 aromatic rings. The number of hydrogen-bond acceptors (Lipinski definition) is 7. The summed E-state index contributed by atoms with van der Waals surface area (Å²) < 4.78 is 0. The lowest BCUT2D eigenvalue weighted by molar-refractivity contribution is -0.143. The van der Waals surface area contributed by atoms with Gasteiger partial charge in [-0.05, 0) is 24.5 Å². The van der Waals surface area contributed by atoms with Crippen LogP contribution in [0.3, 0.4) is 0 Å². The van der Waals surface area contributed by atoms with Crippen molar-refractivity contribution in [1.29, 1.82) is 0 Å². The maximum atomic E-state index is 13.3. The van der Waals surface area contributed by atoms with Gasteiger partial charge in [-0.15, -0.1) is 0 Å². The number of nitrogens with two attached hydrogens (primary N) is 2. The molecule has 0 saturated carbocycles. The zero-order valence-corrected chi connectivity index (χ0v) is 20.9. The van der Waals surface area contributed by atoms with Crippen molar-refractivity contribution in [2.24, 2.45) is 17.4 Å². The maximum absolute atomic E-state index is 13.3. The van der Waals surface area contributed by atoms with Gasteiger partial charge >= 0.3 is 5.97 Å². The Hall–Kier alpha value is -3.97. The van der Waals surface area contributed by atoms with Crippen LogP contribution in [0, 0.1) is 5.92 Å². The summed E-state index contributed by atoms with van der Waals surface area (Å²) in [5, 5.41) is 27.0. The second-order valence-corrected chi connectivity index (χ2v) is 9.19. The van der Waals surface area contributed by atoms with Crippen LogP contribution in [0.1, 0.15) is 32.8 Å². The molecule has 0 bridgehead atoms. The third-order valence-electron chi connectivity index (χ3n) is 5.82. The summed E-state index contributed by atoms with van der Waals surface area (Å²) in [4.78, 5) is 64.9. The van der Waals surface area contributed by atoms with Crippen molar-refractivity contribution < 1.29 is 34.2 Å². The fourth-order valence-corrected chi connectivity index (χ4v) is 3.67. The highest BCUT2D eigenvalue weighted by Gasteiger charge is 2.33. The van der Waals surface area contributed by atoms with Crippen molar-refractivity contribution in [1.82, 2.24) is 20.9 Å². The van der Waals surface area contributed by atoms with Crippen molar-refractivity contribution >= 4 is 40.5 Å². The highest BCUT2D eigenvalue weighted by atomic mass is 16.4. The molecule has 1 aromatic heterocycles. The standard InChI is InChI=1S/C24H34N6O7/c1-11(2)20(24(36)37)30-22(34)17(9-18(25)32)28-21(33)16(29-23(35)19(26)12(3)31)8-13-10-27-15-7-5-4-6-14(13)15/h4-7,10-12,16-17,19-20,27,31H,8-9,26H2,1-3H3,(H2,25,32)(H,28,33)(H,29,35)(H,30,34)(H,36,37). The van der Waals surface area contributed by atoms with Crippen LogP contribution in [-0.4, -0.2) is 75.1 Å². The number of benzene rings is 1. The summed E-state index contributed by atoms with van der Waals surface area (Å²) in [6, 6.07) is 1.91. The van der Waals surface area contributed by atoms with Crippen LogP contribution in [0.4, 0.5) is 0 Å². The lowest BCUT2D eigenvalue weighted by Crippen LogP contribution is -2.59. The number of hydrogen-bond donors (Lipinski definition) is 8. The van der Waals surface area contributed by atoms with Gasteiger partial charge in [-0.2, -0.15) is 0 Å². The van der Waals surface area contributed by atoms with E-state index in [0.29, 0.717) is 5.56 Å². The van der Waals surface area contributed by atoms with E-state index in [0.717, 1.165) is 10.9 Å². The van der Waals surface area contributed by atoms with Gasteiger partial charge in [0.15, 0.2) is 0 Å². The Morgan fingerprint density at radius 3 is 2.11 bits per heavy atom. The minimum absolute atomic E-state index is 0.0250. The zero-order chi connectivity index (χ0) is 27.9. The molecular formula is C24H34N6O7. The second kappa shape index (κ2) is 12.8. The Kier molecular flexibility index (Phi) is 10.1. The van der Waals surface area contributed by atoms with Gasteiger partial charge in [0.25, 0.3) is 0 Å². The minimum Gasteiger partial charge on any atom is -0.480 e. The molecule has 0 spiro atoms. The minimum atomic E-state index is -1.50. The Bertz CT molecular complexity index is 1150. The average molecular weight is 519 g/mol. The molecule has 13 heteroatoms. The molecule has 37 heavy (non-hydrogen) atoms. The number of aliphatic hydroxyl groups is 1. The van der Waals surface area contributed by atoms with E-state index in [2.05, 4.69) is 20.9 Å². The Balaban J connectivity index is 2.32. The molecule has 0 aliphatic heterocycles. The predicted molar refractivity (Wildman–Crippen MR) is 134 cm³/mol. The van der Waals surface area contributed by atoms with Crippen molar-refractivity contribution in [2.75, 3.05) is 0 Å². The molecule has 13 nitrogen and oxygen atoms in total. The first-order chi connectivity index (χ1) is 17.3. The van der Waals surface area contributed by atoms with Gasteiger partial charge in [-0.25, -0.2) is 4.79 Å². The first kappa shape index (κ1) is 29.3. The first-order valence-electron chi connectivity index (χ1n) is 11.7. The fourth-order valence-electron chi connectivity index (χ4n) is 3.67. The number of aromatic nitrogens is 1. The van der Waals surface area contributed by atoms with Crippen LogP contribution < -0.4 is 27.4 Å². The highest BCUT2D eigenvalue weighted by Crippen LogP contribution is 2.19. The number of fused-ring (bicyclic) bond motifs is 1. The summed E-state index contributed by atoms with van der Waals surface area (Å²) in [6.45, 7) is 4.48. The van der Waals surface area contributed by atoms with E-state index in [1.807, 2.05) is 18.2 Å². The molecule has 2 rings (SSSR count). The Morgan fingerprint density at radius 2 is 1.54 bits per heavy atom. The van der Waals surface area contributed by atoms with Crippen molar-refractivity contribution in [3.05, 3.63) is 36.0 Å². The number of carbonyl (C=O) groups is 5. The number of nitrogens with one attached hydrogen (secondary N) is 4. The second-order valence-electron chi connectivity index (χ2n) is 9.19. The van der Waals surface area contributed by atoms with Gasteiger partial charge in [0.2, 0.25) is 23.6 Å². The van der Waals surface area contributed by atoms with Crippen LogP contribution >= 0.6 is 0 Å². The number of aliphatic carboxylic acids is 1. The van der Waals surface area contributed by atoms with Crippen LogP contribution in [0.25, 0.3) is 10.9 Å². The third-order valence-corrected chi connectivity index (χ3v) is 5.82. The van der Waals surface area contributed by atoms with Gasteiger partial charge < -0.3 is 42.6 Å². The molecule has 0 fully saturated rings. The van der Waals surface area contributed by atoms with E-state index in [4.69, 9.17) is 11.5 Å². The smallest absolute Gasteiger partial charge is 0.326 e. The van der Waals surface area contributed by atoms with Crippen LogP contribution in [-0.2, 0) is 30.4 Å². The average Bonchev–Trinajstić information content (AvgIpc) is 3.22. The normalized spacial score (nSPS) is 15.3. The third kappa shape index (κ3) is 8.02. The summed E-state index contributed by atoms with van der Waals surface area (Å²) in [6.07, 6.45) is -0.167. The topological polar surface area (TPSA) is 230 Å². The number of aliphatic hydroxyl groups excluding tert-OH is 1. The molecule has 1 aromatic carbocycles. The number of primary amides is 1. The predicted octanol–water partition coefficient (Wildman–Crippen LogP) is -1.51. The highest BCUT2D eigenvalue weighted by molar-refractivity contribution is 5.96. The Morgan fingerprint density at radius 1 is 0.946 bits per heavy atom. The first-order valence-corrected chi connectivity index (χ1v) is 11.7. The number of rotatable bonds is 13. The molecule has 0 radical (unpaired) electrons. The SMILES string of the molecule is CC(C)C(NC(=O)C(CC(N)=O)NC(=O)C(Cc1c[nH]c2ccccc12)NC(=O)C(N)C(C)O)C(=O)O. The summed E-state index contributed by atoms with van der Waals surface area (Å²) in [5.74, 6) is -5.26. The summed E-state index contributed by atoms with van der Waals surface area (Å²) >= 11 is 0. The van der Waals surface area contributed by atoms with Gasteiger partial charge in [0.05, 0.1) is 12.5 Å².